The van der Waals surface area contributed by atoms with E-state index in [1.54, 1.807) is 20.8 Å². The van der Waals surface area contributed by atoms with Gasteiger partial charge in [-0.2, -0.15) is 13.2 Å². The maximum Gasteiger partial charge on any atom is 0.416 e. The fourth-order valence-electron chi connectivity index (χ4n) is 2.87. The summed E-state index contributed by atoms with van der Waals surface area (Å²) in [5.41, 5.74) is 0.962. The van der Waals surface area contributed by atoms with Gasteiger partial charge in [0.25, 0.3) is 0 Å². The van der Waals surface area contributed by atoms with Crippen molar-refractivity contribution in [3.05, 3.63) is 35.0 Å². The summed E-state index contributed by atoms with van der Waals surface area (Å²) in [6.45, 7) is 6.05. The minimum Gasteiger partial charge on any atom is -0.444 e. The van der Waals surface area contributed by atoms with Crippen LogP contribution in [0, 0.1) is 0 Å². The predicted molar refractivity (Wildman–Crippen MR) is 83.6 cm³/mol. The average molecular weight is 340 g/mol. The summed E-state index contributed by atoms with van der Waals surface area (Å²) >= 11 is 0. The molecule has 0 fully saturated rings. The maximum absolute atomic E-state index is 13.0. The summed E-state index contributed by atoms with van der Waals surface area (Å²) in [7, 11) is 0. The van der Waals surface area contributed by atoms with Gasteiger partial charge in [0.05, 0.1) is 12.1 Å². The number of hydrogen-bond acceptors (Lipinski definition) is 2. The van der Waals surface area contributed by atoms with Crippen LogP contribution in [0.3, 0.4) is 0 Å². The fourth-order valence-corrected chi connectivity index (χ4v) is 2.87. The van der Waals surface area contributed by atoms with E-state index in [-0.39, 0.29) is 6.54 Å². The molecule has 1 aromatic carbocycles. The van der Waals surface area contributed by atoms with Gasteiger partial charge in [-0.25, -0.2) is 4.79 Å². The second-order valence-electron chi connectivity index (χ2n) is 6.99. The Kier molecular flexibility index (Phi) is 3.77. The Morgan fingerprint density at radius 3 is 2.58 bits per heavy atom. The predicted octanol–water partition coefficient (Wildman–Crippen LogP) is 4.48. The first-order valence-corrected chi connectivity index (χ1v) is 7.73. The summed E-state index contributed by atoms with van der Waals surface area (Å²) in [6.07, 6.45) is -4.28. The van der Waals surface area contributed by atoms with E-state index in [1.807, 2.05) is 0 Å². The summed E-state index contributed by atoms with van der Waals surface area (Å²) < 4.78 is 44.2. The van der Waals surface area contributed by atoms with Crippen LogP contribution in [0.1, 0.15) is 37.6 Å². The molecule has 2 heterocycles. The van der Waals surface area contributed by atoms with Crippen LogP contribution in [-0.4, -0.2) is 28.1 Å². The number of carbonyl (C=O) groups is 1. The Balaban J connectivity index is 1.93. The Bertz CT molecular complexity index is 787. The molecule has 0 saturated heterocycles. The zero-order valence-corrected chi connectivity index (χ0v) is 13.8. The second kappa shape index (κ2) is 5.43. The molecule has 4 nitrogen and oxygen atoms in total. The molecule has 0 spiro atoms. The first kappa shape index (κ1) is 16.7. The molecule has 3 rings (SSSR count). The molecular weight excluding hydrogens is 321 g/mol. The van der Waals surface area contributed by atoms with E-state index in [0.717, 1.165) is 23.4 Å². The lowest BCUT2D eigenvalue weighted by molar-refractivity contribution is -0.137. The van der Waals surface area contributed by atoms with Gasteiger partial charge in [-0.1, -0.05) is 0 Å². The number of aromatic nitrogens is 1. The molecule has 1 amide bonds. The number of fused-ring (bicyclic) bond motifs is 3. The van der Waals surface area contributed by atoms with Crippen LogP contribution in [0.4, 0.5) is 18.0 Å². The minimum atomic E-state index is -4.39. The highest BCUT2D eigenvalue weighted by Gasteiger charge is 2.32. The van der Waals surface area contributed by atoms with E-state index in [9.17, 15) is 18.0 Å². The number of hydrogen-bond donors (Lipinski definition) is 1. The molecule has 1 N–H and O–H groups in total. The van der Waals surface area contributed by atoms with Gasteiger partial charge in [0, 0.05) is 35.1 Å². The van der Waals surface area contributed by atoms with E-state index < -0.39 is 23.4 Å². The molecule has 0 unspecified atom stereocenters. The molecule has 24 heavy (non-hydrogen) atoms. The molecule has 1 aliphatic heterocycles. The van der Waals surface area contributed by atoms with Crippen LogP contribution in [0.25, 0.3) is 10.9 Å². The Morgan fingerprint density at radius 2 is 1.96 bits per heavy atom. The topological polar surface area (TPSA) is 45.3 Å². The molecule has 0 bridgehead atoms. The van der Waals surface area contributed by atoms with Gasteiger partial charge in [-0.05, 0) is 39.0 Å². The van der Waals surface area contributed by atoms with E-state index in [2.05, 4.69) is 4.98 Å². The summed E-state index contributed by atoms with van der Waals surface area (Å²) in [5.74, 6) is 0. The number of nitrogens with one attached hydrogen (secondary N) is 1. The van der Waals surface area contributed by atoms with Crippen LogP contribution in [0.2, 0.25) is 0 Å². The van der Waals surface area contributed by atoms with Crippen LogP contribution >= 0.6 is 0 Å². The lowest BCUT2D eigenvalue weighted by Crippen LogP contribution is -2.39. The first-order valence-electron chi connectivity index (χ1n) is 7.73. The third-order valence-corrected chi connectivity index (χ3v) is 3.95. The standard InChI is InChI=1S/C17H19F3N2O2/c1-16(2,3)24-15(23)22-7-6-14-12(9-22)11-8-10(17(18,19)20)4-5-13(11)21-14/h4-5,8,21H,6-7,9H2,1-3H3. The largest absolute Gasteiger partial charge is 0.444 e. The molecule has 1 aromatic heterocycles. The van der Waals surface area contributed by atoms with Crippen molar-refractivity contribution in [2.75, 3.05) is 6.54 Å². The van der Waals surface area contributed by atoms with Gasteiger partial charge < -0.3 is 14.6 Å². The smallest absolute Gasteiger partial charge is 0.416 e. The van der Waals surface area contributed by atoms with Crippen molar-refractivity contribution in [2.24, 2.45) is 0 Å². The lowest BCUT2D eigenvalue weighted by Gasteiger charge is -2.30. The van der Waals surface area contributed by atoms with E-state index >= 15 is 0 Å². The number of carbonyl (C=O) groups excluding carboxylic acids is 1. The highest BCUT2D eigenvalue weighted by atomic mass is 19.4. The average Bonchev–Trinajstić information content (AvgIpc) is 2.81. The maximum atomic E-state index is 13.0. The van der Waals surface area contributed by atoms with E-state index in [0.29, 0.717) is 23.9 Å². The number of aromatic amines is 1. The van der Waals surface area contributed by atoms with Crippen LogP contribution in [-0.2, 0) is 23.9 Å². The number of halogens is 3. The molecule has 0 saturated carbocycles. The lowest BCUT2D eigenvalue weighted by atomic mass is 10.0. The van der Waals surface area contributed by atoms with Crippen molar-refractivity contribution in [3.8, 4) is 0 Å². The Hall–Kier alpha value is -2.18. The van der Waals surface area contributed by atoms with Crippen molar-refractivity contribution in [2.45, 2.75) is 45.5 Å². The highest BCUT2D eigenvalue weighted by Crippen LogP contribution is 2.35. The number of benzene rings is 1. The van der Waals surface area contributed by atoms with Crippen LogP contribution in [0.15, 0.2) is 18.2 Å². The zero-order valence-electron chi connectivity index (χ0n) is 13.8. The molecule has 1 aliphatic rings. The van der Waals surface area contributed by atoms with Gasteiger partial charge in [-0.15, -0.1) is 0 Å². The van der Waals surface area contributed by atoms with Crippen molar-refractivity contribution >= 4 is 17.0 Å². The summed E-state index contributed by atoms with van der Waals surface area (Å²) in [4.78, 5) is 16.9. The SMILES string of the molecule is CC(C)(C)OC(=O)N1CCc2[nH]c3ccc(C(F)(F)F)cc3c2C1. The van der Waals surface area contributed by atoms with Crippen molar-refractivity contribution < 1.29 is 22.7 Å². The third-order valence-electron chi connectivity index (χ3n) is 3.95. The molecule has 2 aromatic rings. The number of ether oxygens (including phenoxy) is 1. The van der Waals surface area contributed by atoms with Crippen molar-refractivity contribution in [3.63, 3.8) is 0 Å². The van der Waals surface area contributed by atoms with Crippen LogP contribution < -0.4 is 0 Å². The van der Waals surface area contributed by atoms with E-state index in [1.165, 1.54) is 11.0 Å². The van der Waals surface area contributed by atoms with Crippen molar-refractivity contribution in [1.82, 2.24) is 9.88 Å². The van der Waals surface area contributed by atoms with Gasteiger partial charge >= 0.3 is 12.3 Å². The summed E-state index contributed by atoms with van der Waals surface area (Å²) in [6, 6.07) is 3.65. The number of nitrogens with zero attached hydrogens (tertiary/aromatic N) is 1. The molecule has 0 aliphatic carbocycles. The third kappa shape index (κ3) is 3.20. The molecule has 0 radical (unpaired) electrons. The number of amides is 1. The normalized spacial score (nSPS) is 15.5. The molecular formula is C17H19F3N2O2. The first-order chi connectivity index (χ1) is 11.0. The Labute approximate surface area is 137 Å². The minimum absolute atomic E-state index is 0.242. The number of alkyl halides is 3. The number of H-pyrrole nitrogens is 1. The molecule has 130 valence electrons. The van der Waals surface area contributed by atoms with Gasteiger partial charge in [0.2, 0.25) is 0 Å². The second-order valence-corrected chi connectivity index (χ2v) is 6.99. The van der Waals surface area contributed by atoms with E-state index in [4.69, 9.17) is 4.74 Å². The number of rotatable bonds is 0. The van der Waals surface area contributed by atoms with Gasteiger partial charge in [0.1, 0.15) is 5.60 Å². The monoisotopic (exact) mass is 340 g/mol. The van der Waals surface area contributed by atoms with Gasteiger partial charge in [0.15, 0.2) is 0 Å². The van der Waals surface area contributed by atoms with Crippen LogP contribution in [0.5, 0.6) is 0 Å². The molecule has 0 atom stereocenters. The molecule has 7 heteroatoms. The quantitative estimate of drug-likeness (QED) is 0.768. The highest BCUT2D eigenvalue weighted by molar-refractivity contribution is 5.86. The van der Waals surface area contributed by atoms with Crippen molar-refractivity contribution in [1.29, 1.82) is 0 Å². The fraction of sp³-hybridized carbons (Fsp3) is 0.471. The Morgan fingerprint density at radius 1 is 1.25 bits per heavy atom. The van der Waals surface area contributed by atoms with Gasteiger partial charge in [-0.3, -0.25) is 0 Å². The summed E-state index contributed by atoms with van der Waals surface area (Å²) in [5, 5.41) is 0.507. The zero-order chi connectivity index (χ0) is 17.7.